The fourth-order valence-electron chi connectivity index (χ4n) is 2.93. The quantitative estimate of drug-likeness (QED) is 0.603. The lowest BCUT2D eigenvalue weighted by Crippen LogP contribution is -2.37. The number of nitrogens with zero attached hydrogens (tertiary/aromatic N) is 1. The van der Waals surface area contributed by atoms with Crippen molar-refractivity contribution in [2.24, 2.45) is 0 Å². The van der Waals surface area contributed by atoms with E-state index in [0.717, 1.165) is 5.39 Å². The molecule has 4 rings (SSSR count). The number of morpholine rings is 1. The van der Waals surface area contributed by atoms with Crippen molar-refractivity contribution in [3.05, 3.63) is 30.3 Å². The average Bonchev–Trinajstić information content (AvgIpc) is 2.91. The molecule has 25 heavy (non-hydrogen) atoms. The summed E-state index contributed by atoms with van der Waals surface area (Å²) in [4.78, 5) is 1.80. The van der Waals surface area contributed by atoms with Crippen LogP contribution in [0.4, 0.5) is 13.2 Å². The summed E-state index contributed by atoms with van der Waals surface area (Å²) >= 11 is 0. The van der Waals surface area contributed by atoms with Gasteiger partial charge >= 0.3 is 22.7 Å². The van der Waals surface area contributed by atoms with E-state index >= 15 is 0 Å². The minimum atomic E-state index is -3.83. The van der Waals surface area contributed by atoms with Crippen LogP contribution in [0.15, 0.2) is 34.7 Å². The van der Waals surface area contributed by atoms with E-state index in [1.807, 2.05) is 32.0 Å². The van der Waals surface area contributed by atoms with E-state index in [-0.39, 0.29) is 24.3 Å². The van der Waals surface area contributed by atoms with Gasteiger partial charge in [0.1, 0.15) is 11.8 Å². The Morgan fingerprint density at radius 1 is 1.28 bits per heavy atom. The van der Waals surface area contributed by atoms with Crippen LogP contribution in [0.25, 0.3) is 11.0 Å². The van der Waals surface area contributed by atoms with Crippen molar-refractivity contribution in [2.45, 2.75) is 37.7 Å². The summed E-state index contributed by atoms with van der Waals surface area (Å²) in [7, 11) is -3.83. The molecule has 2 saturated heterocycles. The van der Waals surface area contributed by atoms with Crippen molar-refractivity contribution >= 4 is 21.1 Å². The third kappa shape index (κ3) is 3.46. The van der Waals surface area contributed by atoms with E-state index in [1.54, 1.807) is 17.0 Å². The molecule has 2 fully saturated rings. The largest absolute Gasteiger partial charge is 0.425 e. The molecule has 3 atom stereocenters. The predicted molar refractivity (Wildman–Crippen MR) is 82.3 cm³/mol. The lowest BCUT2D eigenvalue weighted by atomic mass is 10.2. The number of ether oxygens (including phenoxy) is 1. The molecule has 2 aliphatic rings. The molecular formula is C15H16F3NO5S. The summed E-state index contributed by atoms with van der Waals surface area (Å²) in [5.41, 5.74) is 0.336. The second kappa shape index (κ2) is 6.19. The summed E-state index contributed by atoms with van der Waals surface area (Å²) in [5.74, 6) is -0.0145. The zero-order valence-corrected chi connectivity index (χ0v) is 14.2. The highest BCUT2D eigenvalue weighted by Crippen LogP contribution is 2.49. The van der Waals surface area contributed by atoms with Crippen LogP contribution < -0.4 is 4.18 Å². The third-order valence-electron chi connectivity index (χ3n) is 4.10. The van der Waals surface area contributed by atoms with E-state index in [9.17, 15) is 21.6 Å². The molecular weight excluding hydrogens is 363 g/mol. The Labute approximate surface area is 142 Å². The first kappa shape index (κ1) is 18.0. The zero-order chi connectivity index (χ0) is 18.4. The van der Waals surface area contributed by atoms with Gasteiger partial charge in [0.25, 0.3) is 0 Å². The van der Waals surface area contributed by atoms with Crippen molar-refractivity contribution in [3.8, 4) is 5.95 Å². The van der Waals surface area contributed by atoms with E-state index < -0.39 is 22.2 Å². The maximum absolute atomic E-state index is 12.4. The molecule has 138 valence electrons. The Morgan fingerprint density at radius 2 is 1.92 bits per heavy atom. The first-order valence-electron chi connectivity index (χ1n) is 7.37. The summed E-state index contributed by atoms with van der Waals surface area (Å²) < 4.78 is 69.8. The molecule has 0 radical (unpaired) electrons. The molecule has 1 aromatic carbocycles. The van der Waals surface area contributed by atoms with Crippen molar-refractivity contribution < 1.29 is 34.9 Å². The van der Waals surface area contributed by atoms with Crippen LogP contribution in [0.2, 0.25) is 0 Å². The number of hydrogen-bond donors (Lipinski definition) is 0. The number of alkyl halides is 3. The van der Waals surface area contributed by atoms with Crippen LogP contribution >= 0.6 is 0 Å². The van der Waals surface area contributed by atoms with E-state index in [4.69, 9.17) is 13.3 Å². The predicted octanol–water partition coefficient (Wildman–Crippen LogP) is 3.10. The molecule has 0 bridgehead atoms. The van der Waals surface area contributed by atoms with Crippen molar-refractivity contribution in [1.29, 1.82) is 0 Å². The smallest absolute Gasteiger partial charge is 0.379 e. The molecule has 2 aliphatic heterocycles. The van der Waals surface area contributed by atoms with Gasteiger partial charge < -0.3 is 13.3 Å². The monoisotopic (exact) mass is 379 g/mol. The Kier molecular flexibility index (Phi) is 4.46. The van der Waals surface area contributed by atoms with Crippen LogP contribution in [0.3, 0.4) is 0 Å². The lowest BCUT2D eigenvalue weighted by Gasteiger charge is -2.16. The Bertz CT molecular complexity index is 831. The molecule has 0 aliphatic carbocycles. The number of furan rings is 1. The summed E-state index contributed by atoms with van der Waals surface area (Å²) in [6.07, 6.45) is -0.142. The van der Waals surface area contributed by atoms with Gasteiger partial charge in [-0.2, -0.15) is 21.6 Å². The van der Waals surface area contributed by atoms with Crippen LogP contribution in [0.1, 0.15) is 13.8 Å². The highest BCUT2D eigenvalue weighted by atomic mass is 32.2. The van der Waals surface area contributed by atoms with E-state index in [0.29, 0.717) is 5.58 Å². The highest BCUT2D eigenvalue weighted by molar-refractivity contribution is 7.87. The van der Waals surface area contributed by atoms with Gasteiger partial charge in [0.05, 0.1) is 12.1 Å². The Hall–Kier alpha value is -1.78. The van der Waals surface area contributed by atoms with Crippen molar-refractivity contribution in [1.82, 2.24) is 4.90 Å². The standard InChI is InChI=1S/C14H15NO5S.CHF3/c1-14(2)13-15(14)11(8-18-13)21(16,17)20-12-7-9-5-3-4-6-10(9)19-12;2-1(3)4/h3-7,11,13H,8H2,1-2H3;1H. The first-order valence-corrected chi connectivity index (χ1v) is 8.84. The SMILES string of the molecule is CC1(C)C2OCC(S(=O)(=O)Oc3cc4ccccc4o3)N21.FC(F)F. The van der Waals surface area contributed by atoms with Crippen molar-refractivity contribution in [2.75, 3.05) is 6.61 Å². The van der Waals surface area contributed by atoms with Gasteiger partial charge in [-0.3, -0.25) is 0 Å². The first-order chi connectivity index (χ1) is 11.6. The summed E-state index contributed by atoms with van der Waals surface area (Å²) in [6.45, 7) is 0.345. The zero-order valence-electron chi connectivity index (χ0n) is 13.4. The average molecular weight is 379 g/mol. The number of rotatable bonds is 3. The fourth-order valence-corrected chi connectivity index (χ4v) is 4.26. The fraction of sp³-hybridized carbons (Fsp3) is 0.467. The molecule has 3 heterocycles. The number of halogens is 3. The number of fused-ring (bicyclic) bond motifs is 2. The molecule has 2 aromatic rings. The minimum Gasteiger partial charge on any atom is -0.425 e. The molecule has 0 spiro atoms. The molecule has 0 N–H and O–H groups in total. The Balaban J connectivity index is 0.000000415. The number of benzene rings is 1. The molecule has 1 aromatic heterocycles. The van der Waals surface area contributed by atoms with Gasteiger partial charge in [0.15, 0.2) is 5.37 Å². The topological polar surface area (TPSA) is 68.8 Å². The van der Waals surface area contributed by atoms with E-state index in [2.05, 4.69) is 0 Å². The van der Waals surface area contributed by atoms with E-state index in [1.165, 1.54) is 0 Å². The van der Waals surface area contributed by atoms with Crippen LogP contribution in [0.5, 0.6) is 5.95 Å². The van der Waals surface area contributed by atoms with Gasteiger partial charge in [0, 0.05) is 11.5 Å². The van der Waals surface area contributed by atoms with Gasteiger partial charge in [-0.15, -0.1) is 0 Å². The molecule has 0 amide bonds. The van der Waals surface area contributed by atoms with Gasteiger partial charge in [-0.25, -0.2) is 4.90 Å². The van der Waals surface area contributed by atoms with Crippen molar-refractivity contribution in [3.63, 3.8) is 0 Å². The lowest BCUT2D eigenvalue weighted by molar-refractivity contribution is 0.00819. The van der Waals surface area contributed by atoms with Gasteiger partial charge in [-0.1, -0.05) is 18.2 Å². The van der Waals surface area contributed by atoms with Crippen LogP contribution in [-0.4, -0.2) is 43.7 Å². The third-order valence-corrected chi connectivity index (χ3v) is 5.52. The maximum atomic E-state index is 12.4. The number of hydrogen-bond acceptors (Lipinski definition) is 6. The molecule has 10 heteroatoms. The molecule has 3 unspecified atom stereocenters. The van der Waals surface area contributed by atoms with Crippen LogP contribution in [-0.2, 0) is 14.9 Å². The highest BCUT2D eigenvalue weighted by Gasteiger charge is 2.67. The maximum Gasteiger partial charge on any atom is 0.379 e. The normalized spacial score (nSPS) is 26.9. The number of para-hydroxylation sites is 1. The summed E-state index contributed by atoms with van der Waals surface area (Å²) in [6, 6.07) is 8.84. The minimum absolute atomic E-state index is 0.0145. The van der Waals surface area contributed by atoms with Gasteiger partial charge in [-0.05, 0) is 19.9 Å². The molecule has 0 saturated carbocycles. The second-order valence-electron chi connectivity index (χ2n) is 6.13. The van der Waals surface area contributed by atoms with Crippen LogP contribution in [0, 0.1) is 0 Å². The van der Waals surface area contributed by atoms with Gasteiger partial charge in [0.2, 0.25) is 0 Å². The summed E-state index contributed by atoms with van der Waals surface area (Å²) in [5, 5.41) is 0.0148. The molecule has 6 nitrogen and oxygen atoms in total. The Morgan fingerprint density at radius 3 is 2.48 bits per heavy atom. The second-order valence-corrected chi connectivity index (χ2v) is 7.82.